The van der Waals surface area contributed by atoms with E-state index in [2.05, 4.69) is 17.5 Å². The van der Waals surface area contributed by atoms with Crippen LogP contribution in [0.1, 0.15) is 34.9 Å². The van der Waals surface area contributed by atoms with Gasteiger partial charge < -0.3 is 14.4 Å². The lowest BCUT2D eigenvalue weighted by Crippen LogP contribution is -3.08. The third-order valence-corrected chi connectivity index (χ3v) is 5.99. The summed E-state index contributed by atoms with van der Waals surface area (Å²) in [4.78, 5) is 14.9. The summed E-state index contributed by atoms with van der Waals surface area (Å²) in [5.74, 6) is 0.160. The molecule has 4 nitrogen and oxygen atoms in total. The predicted molar refractivity (Wildman–Crippen MR) is 94.7 cm³/mol. The van der Waals surface area contributed by atoms with Crippen LogP contribution in [0.2, 0.25) is 0 Å². The van der Waals surface area contributed by atoms with Gasteiger partial charge in [0.25, 0.3) is 0 Å². The third kappa shape index (κ3) is 2.64. The zero-order chi connectivity index (χ0) is 16.7. The molecule has 0 saturated carbocycles. The second kappa shape index (κ2) is 6.07. The van der Waals surface area contributed by atoms with Crippen LogP contribution in [0, 0.1) is 6.92 Å². The molecule has 5 heteroatoms. The molecule has 1 saturated heterocycles. The van der Waals surface area contributed by atoms with Crippen molar-refractivity contribution in [3.8, 4) is 5.75 Å². The van der Waals surface area contributed by atoms with E-state index in [0.717, 1.165) is 24.0 Å². The van der Waals surface area contributed by atoms with Crippen LogP contribution in [0.15, 0.2) is 44.9 Å². The molecule has 124 valence electrons. The molecule has 0 bridgehead atoms. The summed E-state index contributed by atoms with van der Waals surface area (Å²) < 4.78 is 5.35. The molecule has 0 amide bonds. The summed E-state index contributed by atoms with van der Waals surface area (Å²) >= 11 is 1.81. The lowest BCUT2D eigenvalue weighted by molar-refractivity contribution is -0.931. The molecule has 2 N–H and O–H groups in total. The maximum atomic E-state index is 12.0. The predicted octanol–water partition coefficient (Wildman–Crippen LogP) is 2.79. The van der Waals surface area contributed by atoms with Crippen LogP contribution in [0.3, 0.4) is 0 Å². The van der Waals surface area contributed by atoms with Crippen molar-refractivity contribution in [2.75, 3.05) is 6.54 Å². The maximum Gasteiger partial charge on any atom is 0.336 e. The second-order valence-electron chi connectivity index (χ2n) is 6.47. The average Bonchev–Trinajstić information content (AvgIpc) is 3.22. The fraction of sp³-hybridized carbons (Fsp3) is 0.316. The van der Waals surface area contributed by atoms with E-state index in [1.807, 2.05) is 17.4 Å². The van der Waals surface area contributed by atoms with E-state index in [1.54, 1.807) is 19.1 Å². The number of quaternary nitrogens is 1. The molecule has 3 heterocycles. The monoisotopic (exact) mass is 342 g/mol. The summed E-state index contributed by atoms with van der Waals surface area (Å²) in [7, 11) is 0. The van der Waals surface area contributed by atoms with Gasteiger partial charge in [-0.1, -0.05) is 6.07 Å². The zero-order valence-electron chi connectivity index (χ0n) is 13.5. The minimum absolute atomic E-state index is 0.160. The first kappa shape index (κ1) is 15.4. The van der Waals surface area contributed by atoms with Crippen LogP contribution in [-0.4, -0.2) is 11.7 Å². The minimum Gasteiger partial charge on any atom is -0.508 e. The van der Waals surface area contributed by atoms with Gasteiger partial charge in [0.15, 0.2) is 0 Å². The molecule has 1 aliphatic rings. The molecule has 24 heavy (non-hydrogen) atoms. The van der Waals surface area contributed by atoms with Gasteiger partial charge in [0.1, 0.15) is 23.9 Å². The smallest absolute Gasteiger partial charge is 0.336 e. The van der Waals surface area contributed by atoms with Gasteiger partial charge in [-0.25, -0.2) is 4.79 Å². The Morgan fingerprint density at radius 1 is 1.38 bits per heavy atom. The highest BCUT2D eigenvalue weighted by Crippen LogP contribution is 2.28. The van der Waals surface area contributed by atoms with E-state index in [1.165, 1.54) is 22.6 Å². The highest BCUT2D eigenvalue weighted by atomic mass is 32.1. The van der Waals surface area contributed by atoms with Gasteiger partial charge in [0.05, 0.1) is 11.4 Å². The number of nitrogens with one attached hydrogen (secondary N) is 1. The van der Waals surface area contributed by atoms with Gasteiger partial charge in [0, 0.05) is 35.4 Å². The summed E-state index contributed by atoms with van der Waals surface area (Å²) in [6, 6.07) is 9.96. The number of benzene rings is 1. The number of phenols is 1. The molecule has 0 radical (unpaired) electrons. The van der Waals surface area contributed by atoms with Gasteiger partial charge >= 0.3 is 5.63 Å². The van der Waals surface area contributed by atoms with Crippen molar-refractivity contribution >= 4 is 22.3 Å². The van der Waals surface area contributed by atoms with Gasteiger partial charge in [-0.05, 0) is 30.5 Å². The normalized spacial score (nSPS) is 20.7. The first-order valence-electron chi connectivity index (χ1n) is 8.27. The summed E-state index contributed by atoms with van der Waals surface area (Å²) in [6.45, 7) is 3.69. The Morgan fingerprint density at radius 3 is 3.04 bits per heavy atom. The Morgan fingerprint density at radius 2 is 2.25 bits per heavy atom. The topological polar surface area (TPSA) is 54.9 Å². The minimum atomic E-state index is -0.350. The number of fused-ring (bicyclic) bond motifs is 1. The second-order valence-corrected chi connectivity index (χ2v) is 7.45. The molecular formula is C19H20NO3S+. The number of hydrogen-bond acceptors (Lipinski definition) is 4. The largest absolute Gasteiger partial charge is 0.508 e. The molecule has 0 spiro atoms. The third-order valence-electron chi connectivity index (χ3n) is 5.01. The SMILES string of the molecule is Cc1c(O)ccc2c(C[NH+]3CCC[C@H]3c3cccs3)cc(=O)oc12. The fourth-order valence-electron chi connectivity index (χ4n) is 3.76. The van der Waals surface area contributed by atoms with Gasteiger partial charge in [-0.15, -0.1) is 11.3 Å². The summed E-state index contributed by atoms with van der Waals surface area (Å²) in [5, 5.41) is 12.9. The molecule has 1 aromatic carbocycles. The number of likely N-dealkylation sites (tertiary alicyclic amines) is 1. The number of hydrogen-bond donors (Lipinski definition) is 2. The van der Waals surface area contributed by atoms with E-state index in [0.29, 0.717) is 17.2 Å². The zero-order valence-corrected chi connectivity index (χ0v) is 14.4. The quantitative estimate of drug-likeness (QED) is 0.720. The van der Waals surface area contributed by atoms with Crippen molar-refractivity contribution < 1.29 is 14.4 Å². The highest BCUT2D eigenvalue weighted by Gasteiger charge is 2.31. The number of phenolic OH excluding ortho intramolecular Hbond substituents is 1. The molecule has 1 unspecified atom stereocenters. The number of thiophene rings is 1. The van der Waals surface area contributed by atoms with E-state index < -0.39 is 0 Å². The standard InChI is InChI=1S/C19H19NO3S/c1-12-16(21)7-6-14-13(10-18(22)23-19(12)14)11-20-8-2-4-15(20)17-5-3-9-24-17/h3,5-7,9-10,15,21H,2,4,8,11H2,1H3/p+1/t15-/m0/s1. The Kier molecular flexibility index (Phi) is 3.90. The van der Waals surface area contributed by atoms with Crippen molar-refractivity contribution in [3.05, 3.63) is 62.1 Å². The van der Waals surface area contributed by atoms with Crippen LogP contribution in [0.5, 0.6) is 5.75 Å². The lowest BCUT2D eigenvalue weighted by atomic mass is 10.1. The molecule has 3 aromatic rings. The highest BCUT2D eigenvalue weighted by molar-refractivity contribution is 7.10. The molecule has 2 atom stereocenters. The molecule has 0 aliphatic carbocycles. The molecule has 1 fully saturated rings. The van der Waals surface area contributed by atoms with Gasteiger partial charge in [-0.2, -0.15) is 0 Å². The summed E-state index contributed by atoms with van der Waals surface area (Å²) in [6.07, 6.45) is 2.39. The molecular weight excluding hydrogens is 322 g/mol. The first-order valence-corrected chi connectivity index (χ1v) is 9.15. The summed E-state index contributed by atoms with van der Waals surface area (Å²) in [5.41, 5.74) is 1.78. The Hall–Kier alpha value is -2.11. The van der Waals surface area contributed by atoms with Crippen LogP contribution < -0.4 is 10.5 Å². The number of aromatic hydroxyl groups is 1. The van der Waals surface area contributed by atoms with E-state index in [4.69, 9.17) is 4.42 Å². The van der Waals surface area contributed by atoms with Crippen molar-refractivity contribution in [3.63, 3.8) is 0 Å². The van der Waals surface area contributed by atoms with Crippen LogP contribution in [0.25, 0.3) is 11.0 Å². The van der Waals surface area contributed by atoms with Crippen LogP contribution >= 0.6 is 11.3 Å². The van der Waals surface area contributed by atoms with E-state index in [9.17, 15) is 9.90 Å². The van der Waals surface area contributed by atoms with Crippen molar-refractivity contribution in [1.29, 1.82) is 0 Å². The number of aryl methyl sites for hydroxylation is 1. The van der Waals surface area contributed by atoms with Gasteiger partial charge in [-0.3, -0.25) is 0 Å². The van der Waals surface area contributed by atoms with Gasteiger partial charge in [0.2, 0.25) is 0 Å². The number of rotatable bonds is 3. The van der Waals surface area contributed by atoms with E-state index >= 15 is 0 Å². The fourth-order valence-corrected chi connectivity index (χ4v) is 4.68. The Labute approximate surface area is 144 Å². The maximum absolute atomic E-state index is 12.0. The van der Waals surface area contributed by atoms with Crippen molar-refractivity contribution in [2.24, 2.45) is 0 Å². The Balaban J connectivity index is 1.74. The van der Waals surface area contributed by atoms with Crippen molar-refractivity contribution in [1.82, 2.24) is 0 Å². The Bertz CT molecular complexity index is 930. The van der Waals surface area contributed by atoms with Crippen LogP contribution in [-0.2, 0) is 6.54 Å². The first-order chi connectivity index (χ1) is 11.6. The van der Waals surface area contributed by atoms with Crippen molar-refractivity contribution in [2.45, 2.75) is 32.4 Å². The molecule has 4 rings (SSSR count). The lowest BCUT2D eigenvalue weighted by Gasteiger charge is -2.21. The van der Waals surface area contributed by atoms with Crippen LogP contribution in [0.4, 0.5) is 0 Å². The van der Waals surface area contributed by atoms with E-state index in [-0.39, 0.29) is 11.4 Å². The molecule has 1 aliphatic heterocycles. The average molecular weight is 342 g/mol. The molecule has 2 aromatic heterocycles.